The summed E-state index contributed by atoms with van der Waals surface area (Å²) in [5.41, 5.74) is 2.75. The van der Waals surface area contributed by atoms with E-state index in [1.54, 1.807) is 12.4 Å². The van der Waals surface area contributed by atoms with Crippen LogP contribution in [-0.4, -0.2) is 16.5 Å². The van der Waals surface area contributed by atoms with Crippen LogP contribution in [0, 0.1) is 12.3 Å². The molecule has 0 aliphatic heterocycles. The molecule has 1 heterocycles. The molecule has 0 amide bonds. The first-order valence-electron chi connectivity index (χ1n) is 5.26. The van der Waals surface area contributed by atoms with Crippen molar-refractivity contribution >= 4 is 11.0 Å². The summed E-state index contributed by atoms with van der Waals surface area (Å²) in [5, 5.41) is 3.24. The fourth-order valence-electron chi connectivity index (χ4n) is 1.71. The van der Waals surface area contributed by atoms with E-state index in [1.807, 2.05) is 25.1 Å². The Hall–Kier alpha value is -1.92. The van der Waals surface area contributed by atoms with E-state index in [0.717, 1.165) is 23.1 Å². The van der Waals surface area contributed by atoms with Crippen molar-refractivity contribution in [2.24, 2.45) is 0 Å². The van der Waals surface area contributed by atoms with Gasteiger partial charge in [0.1, 0.15) is 0 Å². The van der Waals surface area contributed by atoms with Crippen LogP contribution in [0.4, 0.5) is 0 Å². The molecule has 0 fully saturated rings. The summed E-state index contributed by atoms with van der Waals surface area (Å²) in [6.07, 6.45) is 8.89. The first-order valence-corrected chi connectivity index (χ1v) is 5.26. The summed E-state index contributed by atoms with van der Waals surface area (Å²) < 4.78 is 0. The second kappa shape index (κ2) is 4.73. The molecule has 3 heteroatoms. The second-order valence-corrected chi connectivity index (χ2v) is 3.43. The smallest absolute Gasteiger partial charge is 0.0964 e. The summed E-state index contributed by atoms with van der Waals surface area (Å²) in [5.74, 6) is 2.73. The molecule has 1 N–H and O–H groups in total. The molecule has 16 heavy (non-hydrogen) atoms. The fourth-order valence-corrected chi connectivity index (χ4v) is 1.71. The molecule has 1 atom stereocenters. The molecular weight excluding hydrogens is 198 g/mol. The van der Waals surface area contributed by atoms with E-state index in [4.69, 9.17) is 6.42 Å². The lowest BCUT2D eigenvalue weighted by Crippen LogP contribution is -2.19. The van der Waals surface area contributed by atoms with Crippen LogP contribution in [0.3, 0.4) is 0 Å². The molecule has 1 aromatic heterocycles. The van der Waals surface area contributed by atoms with Gasteiger partial charge < -0.3 is 5.32 Å². The Kier molecular flexibility index (Phi) is 3.13. The van der Waals surface area contributed by atoms with Gasteiger partial charge in [-0.15, -0.1) is 6.42 Å². The lowest BCUT2D eigenvalue weighted by atomic mass is 10.1. The van der Waals surface area contributed by atoms with Crippen LogP contribution >= 0.6 is 0 Å². The molecule has 2 rings (SSSR count). The van der Waals surface area contributed by atoms with Gasteiger partial charge >= 0.3 is 0 Å². The van der Waals surface area contributed by atoms with Crippen molar-refractivity contribution in [3.63, 3.8) is 0 Å². The Labute approximate surface area is 94.9 Å². The molecule has 0 radical (unpaired) electrons. The van der Waals surface area contributed by atoms with E-state index in [1.165, 1.54) is 0 Å². The van der Waals surface area contributed by atoms with Crippen molar-refractivity contribution in [1.29, 1.82) is 0 Å². The Bertz CT molecular complexity index is 523. The lowest BCUT2D eigenvalue weighted by Gasteiger charge is -2.13. The Balaban J connectivity index is 2.55. The third kappa shape index (κ3) is 1.88. The molecule has 2 aromatic rings. The number of hydrogen-bond donors (Lipinski definition) is 1. The number of terminal acetylenes is 1. The van der Waals surface area contributed by atoms with Crippen LogP contribution in [0.5, 0.6) is 0 Å². The summed E-state index contributed by atoms with van der Waals surface area (Å²) >= 11 is 0. The van der Waals surface area contributed by atoms with Crippen LogP contribution in [0.15, 0.2) is 30.6 Å². The van der Waals surface area contributed by atoms with Gasteiger partial charge in [0, 0.05) is 18.0 Å². The maximum absolute atomic E-state index is 5.52. The average molecular weight is 211 g/mol. The number of hydrogen-bond acceptors (Lipinski definition) is 3. The molecule has 0 saturated carbocycles. The quantitative estimate of drug-likeness (QED) is 0.788. The van der Waals surface area contributed by atoms with Crippen LogP contribution < -0.4 is 5.32 Å². The van der Waals surface area contributed by atoms with Gasteiger partial charge in [-0.25, -0.2) is 0 Å². The highest BCUT2D eigenvalue weighted by Gasteiger charge is 2.11. The Morgan fingerprint density at radius 3 is 2.94 bits per heavy atom. The van der Waals surface area contributed by atoms with Gasteiger partial charge in [-0.2, -0.15) is 0 Å². The van der Waals surface area contributed by atoms with Crippen molar-refractivity contribution < 1.29 is 0 Å². The summed E-state index contributed by atoms with van der Waals surface area (Å²) in [7, 11) is 0. The standard InChI is InChI=1S/C13H13N3/c1-3-11(14-4-2)10-6-5-7-12-13(10)16-9-8-15-12/h1,5-9,11,14H,4H2,2H3. The van der Waals surface area contributed by atoms with Crippen LogP contribution in [0.25, 0.3) is 11.0 Å². The van der Waals surface area contributed by atoms with E-state index in [9.17, 15) is 0 Å². The summed E-state index contributed by atoms with van der Waals surface area (Å²) in [4.78, 5) is 8.59. The third-order valence-corrected chi connectivity index (χ3v) is 2.42. The highest BCUT2D eigenvalue weighted by molar-refractivity contribution is 5.78. The minimum Gasteiger partial charge on any atom is -0.300 e. The summed E-state index contributed by atoms with van der Waals surface area (Å²) in [6, 6.07) is 5.77. The van der Waals surface area contributed by atoms with Gasteiger partial charge in [-0.05, 0) is 12.6 Å². The zero-order valence-corrected chi connectivity index (χ0v) is 9.14. The molecule has 0 saturated heterocycles. The van der Waals surface area contributed by atoms with Gasteiger partial charge in [-0.3, -0.25) is 9.97 Å². The molecule has 1 aromatic carbocycles. The first kappa shape index (κ1) is 10.6. The van der Waals surface area contributed by atoms with Crippen molar-refractivity contribution in [2.75, 3.05) is 6.54 Å². The molecule has 0 bridgehead atoms. The first-order chi connectivity index (χ1) is 7.86. The molecule has 0 aliphatic carbocycles. The van der Waals surface area contributed by atoms with E-state index >= 15 is 0 Å². The van der Waals surface area contributed by atoms with Gasteiger partial charge in [-0.1, -0.05) is 25.0 Å². The van der Waals surface area contributed by atoms with E-state index < -0.39 is 0 Å². The number of nitrogens with zero attached hydrogens (tertiary/aromatic N) is 2. The minimum absolute atomic E-state index is 0.106. The van der Waals surface area contributed by atoms with Crippen LogP contribution in [0.2, 0.25) is 0 Å². The van der Waals surface area contributed by atoms with E-state index in [0.29, 0.717) is 0 Å². The molecule has 1 unspecified atom stereocenters. The zero-order valence-electron chi connectivity index (χ0n) is 9.14. The zero-order chi connectivity index (χ0) is 11.4. The number of rotatable bonds is 3. The predicted molar refractivity (Wildman–Crippen MR) is 64.8 cm³/mol. The van der Waals surface area contributed by atoms with Gasteiger partial charge in [0.15, 0.2) is 0 Å². The van der Waals surface area contributed by atoms with Crippen molar-refractivity contribution in [1.82, 2.24) is 15.3 Å². The number of para-hydroxylation sites is 1. The minimum atomic E-state index is -0.106. The third-order valence-electron chi connectivity index (χ3n) is 2.42. The Morgan fingerprint density at radius 2 is 2.19 bits per heavy atom. The second-order valence-electron chi connectivity index (χ2n) is 3.43. The monoisotopic (exact) mass is 211 g/mol. The molecular formula is C13H13N3. The van der Waals surface area contributed by atoms with Crippen LogP contribution in [0.1, 0.15) is 18.5 Å². The van der Waals surface area contributed by atoms with Crippen LogP contribution in [-0.2, 0) is 0 Å². The fraction of sp³-hybridized carbons (Fsp3) is 0.231. The average Bonchev–Trinajstić information content (AvgIpc) is 2.35. The molecule has 80 valence electrons. The number of aromatic nitrogens is 2. The molecule has 3 nitrogen and oxygen atoms in total. The van der Waals surface area contributed by atoms with E-state index in [2.05, 4.69) is 21.2 Å². The van der Waals surface area contributed by atoms with Gasteiger partial charge in [0.05, 0.1) is 17.1 Å². The molecule has 0 aliphatic rings. The van der Waals surface area contributed by atoms with Crippen molar-refractivity contribution in [3.05, 3.63) is 36.2 Å². The lowest BCUT2D eigenvalue weighted by molar-refractivity contribution is 0.667. The number of nitrogens with one attached hydrogen (secondary N) is 1. The van der Waals surface area contributed by atoms with E-state index in [-0.39, 0.29) is 6.04 Å². The maximum atomic E-state index is 5.52. The maximum Gasteiger partial charge on any atom is 0.0964 e. The molecule has 0 spiro atoms. The SMILES string of the molecule is C#CC(NCC)c1cccc2nccnc12. The normalized spacial score (nSPS) is 12.2. The van der Waals surface area contributed by atoms with Gasteiger partial charge in [0.25, 0.3) is 0 Å². The van der Waals surface area contributed by atoms with Gasteiger partial charge in [0.2, 0.25) is 0 Å². The highest BCUT2D eigenvalue weighted by atomic mass is 14.9. The topological polar surface area (TPSA) is 37.8 Å². The number of benzene rings is 1. The summed E-state index contributed by atoms with van der Waals surface area (Å²) in [6.45, 7) is 2.85. The van der Waals surface area contributed by atoms with Crippen molar-refractivity contribution in [3.8, 4) is 12.3 Å². The number of fused-ring (bicyclic) bond motifs is 1. The largest absolute Gasteiger partial charge is 0.300 e. The highest BCUT2D eigenvalue weighted by Crippen LogP contribution is 2.20. The predicted octanol–water partition coefficient (Wildman–Crippen LogP) is 1.91. The van der Waals surface area contributed by atoms with Crippen molar-refractivity contribution in [2.45, 2.75) is 13.0 Å². The Morgan fingerprint density at radius 1 is 1.38 bits per heavy atom.